The normalized spacial score (nSPS) is 20.8. The minimum Gasteiger partial charge on any atom is -0.481 e. The third-order valence-corrected chi connectivity index (χ3v) is 4.21. The van der Waals surface area contributed by atoms with Crippen molar-refractivity contribution in [2.24, 2.45) is 11.8 Å². The van der Waals surface area contributed by atoms with Crippen LogP contribution < -0.4 is 5.32 Å². The largest absolute Gasteiger partial charge is 0.481 e. The Kier molecular flexibility index (Phi) is 3.60. The lowest BCUT2D eigenvalue weighted by atomic mass is 9.73. The van der Waals surface area contributed by atoms with E-state index in [2.05, 4.69) is 5.32 Å². The van der Waals surface area contributed by atoms with Crippen LogP contribution >= 0.6 is 0 Å². The van der Waals surface area contributed by atoms with Crippen LogP contribution in [0.5, 0.6) is 0 Å². The topological polar surface area (TPSA) is 66.4 Å². The summed E-state index contributed by atoms with van der Waals surface area (Å²) < 4.78 is 0. The van der Waals surface area contributed by atoms with Crippen molar-refractivity contribution in [2.75, 3.05) is 0 Å². The Morgan fingerprint density at radius 3 is 2.43 bits per heavy atom. The first-order valence-corrected chi connectivity index (χ1v) is 7.13. The van der Waals surface area contributed by atoms with E-state index < -0.39 is 11.9 Å². The molecule has 4 nitrogen and oxygen atoms in total. The van der Waals surface area contributed by atoms with Gasteiger partial charge in [0.15, 0.2) is 0 Å². The first-order valence-electron chi connectivity index (χ1n) is 7.13. The molecular weight excluding hydrogens is 266 g/mol. The maximum absolute atomic E-state index is 12.0. The van der Waals surface area contributed by atoms with Crippen LogP contribution in [0.4, 0.5) is 0 Å². The number of carbonyl (C=O) groups is 2. The fourth-order valence-electron chi connectivity index (χ4n) is 2.78. The van der Waals surface area contributed by atoms with Gasteiger partial charge >= 0.3 is 5.97 Å². The number of carboxylic acids is 1. The van der Waals surface area contributed by atoms with Crippen molar-refractivity contribution in [3.63, 3.8) is 0 Å². The molecule has 2 atom stereocenters. The highest BCUT2D eigenvalue weighted by Gasteiger charge is 2.41. The highest BCUT2D eigenvalue weighted by molar-refractivity contribution is 5.86. The van der Waals surface area contributed by atoms with Crippen LogP contribution in [0.2, 0.25) is 0 Å². The number of rotatable bonds is 4. The molecule has 0 spiro atoms. The second kappa shape index (κ2) is 5.56. The SMILES string of the molecule is O=C(O)C1CCC1C(=O)NCc1ccc2ccccc2c1. The van der Waals surface area contributed by atoms with E-state index in [4.69, 9.17) is 5.11 Å². The van der Waals surface area contributed by atoms with E-state index in [1.807, 2.05) is 42.5 Å². The molecule has 2 N–H and O–H groups in total. The summed E-state index contributed by atoms with van der Waals surface area (Å²) in [6.45, 7) is 0.437. The van der Waals surface area contributed by atoms with Crippen molar-refractivity contribution in [1.29, 1.82) is 0 Å². The molecule has 1 saturated carbocycles. The lowest BCUT2D eigenvalue weighted by molar-refractivity contribution is -0.152. The zero-order chi connectivity index (χ0) is 14.8. The second-order valence-electron chi connectivity index (χ2n) is 5.53. The van der Waals surface area contributed by atoms with Gasteiger partial charge in [-0.3, -0.25) is 9.59 Å². The second-order valence-corrected chi connectivity index (χ2v) is 5.53. The number of nitrogens with one attached hydrogen (secondary N) is 1. The maximum Gasteiger partial charge on any atom is 0.307 e. The number of benzene rings is 2. The molecule has 3 rings (SSSR count). The Bertz CT molecular complexity index is 695. The molecule has 1 fully saturated rings. The van der Waals surface area contributed by atoms with Crippen LogP contribution in [-0.2, 0) is 16.1 Å². The molecule has 108 valence electrons. The van der Waals surface area contributed by atoms with Gasteiger partial charge in [0.05, 0.1) is 11.8 Å². The number of aliphatic carboxylic acids is 1. The van der Waals surface area contributed by atoms with Crippen LogP contribution in [0.25, 0.3) is 10.8 Å². The standard InChI is InChI=1S/C17H17NO3/c19-16(14-7-8-15(14)17(20)21)18-10-11-5-6-12-3-1-2-4-13(12)9-11/h1-6,9,14-15H,7-8,10H2,(H,18,19)(H,20,21). The van der Waals surface area contributed by atoms with E-state index in [0.29, 0.717) is 19.4 Å². The van der Waals surface area contributed by atoms with Crippen LogP contribution in [0.3, 0.4) is 0 Å². The molecule has 21 heavy (non-hydrogen) atoms. The third-order valence-electron chi connectivity index (χ3n) is 4.21. The van der Waals surface area contributed by atoms with Crippen LogP contribution in [-0.4, -0.2) is 17.0 Å². The van der Waals surface area contributed by atoms with Crippen molar-refractivity contribution in [3.05, 3.63) is 48.0 Å². The molecule has 0 bridgehead atoms. The number of hydrogen-bond donors (Lipinski definition) is 2. The zero-order valence-corrected chi connectivity index (χ0v) is 11.6. The molecule has 0 saturated heterocycles. The van der Waals surface area contributed by atoms with Gasteiger partial charge in [-0.2, -0.15) is 0 Å². The van der Waals surface area contributed by atoms with E-state index in [0.717, 1.165) is 16.3 Å². The van der Waals surface area contributed by atoms with Gasteiger partial charge < -0.3 is 10.4 Å². The summed E-state index contributed by atoms with van der Waals surface area (Å²) in [5.74, 6) is -1.90. The van der Waals surface area contributed by atoms with Gasteiger partial charge in [0.2, 0.25) is 5.91 Å². The lowest BCUT2D eigenvalue weighted by Crippen LogP contribution is -2.43. The average molecular weight is 283 g/mol. The third kappa shape index (κ3) is 2.75. The van der Waals surface area contributed by atoms with E-state index >= 15 is 0 Å². The van der Waals surface area contributed by atoms with Gasteiger partial charge in [-0.15, -0.1) is 0 Å². The summed E-state index contributed by atoms with van der Waals surface area (Å²) in [4.78, 5) is 22.9. The highest BCUT2D eigenvalue weighted by atomic mass is 16.4. The van der Waals surface area contributed by atoms with Crippen molar-refractivity contribution in [1.82, 2.24) is 5.32 Å². The number of fused-ring (bicyclic) bond motifs is 1. The molecule has 2 unspecified atom stereocenters. The Balaban J connectivity index is 1.63. The summed E-state index contributed by atoms with van der Waals surface area (Å²) >= 11 is 0. The van der Waals surface area contributed by atoms with Crippen molar-refractivity contribution < 1.29 is 14.7 Å². The summed E-state index contributed by atoms with van der Waals surface area (Å²) in [5, 5.41) is 14.1. The lowest BCUT2D eigenvalue weighted by Gasteiger charge is -2.31. The van der Waals surface area contributed by atoms with Gasteiger partial charge in [-0.05, 0) is 35.2 Å². The number of carboxylic acid groups (broad SMARTS) is 1. The molecule has 1 aliphatic rings. The van der Waals surface area contributed by atoms with Gasteiger partial charge in [-0.25, -0.2) is 0 Å². The van der Waals surface area contributed by atoms with Crippen LogP contribution in [0, 0.1) is 11.8 Å². The minimum atomic E-state index is -0.868. The molecule has 2 aromatic carbocycles. The Hall–Kier alpha value is -2.36. The van der Waals surface area contributed by atoms with E-state index in [-0.39, 0.29) is 11.8 Å². The molecule has 0 aliphatic heterocycles. The number of amides is 1. The van der Waals surface area contributed by atoms with Crippen molar-refractivity contribution in [2.45, 2.75) is 19.4 Å². The summed E-state index contributed by atoms with van der Waals surface area (Å²) in [6, 6.07) is 14.1. The molecule has 2 aromatic rings. The summed E-state index contributed by atoms with van der Waals surface area (Å²) in [5.41, 5.74) is 1.02. The molecular formula is C17H17NO3. The predicted molar refractivity (Wildman–Crippen MR) is 79.6 cm³/mol. The Labute approximate surface area is 122 Å². The molecule has 4 heteroatoms. The van der Waals surface area contributed by atoms with E-state index in [1.54, 1.807) is 0 Å². The molecule has 1 amide bonds. The molecule has 0 radical (unpaired) electrons. The highest BCUT2D eigenvalue weighted by Crippen LogP contribution is 2.34. The number of hydrogen-bond acceptors (Lipinski definition) is 2. The van der Waals surface area contributed by atoms with Crippen LogP contribution in [0.1, 0.15) is 18.4 Å². The monoisotopic (exact) mass is 283 g/mol. The smallest absolute Gasteiger partial charge is 0.307 e. The van der Waals surface area contributed by atoms with E-state index in [9.17, 15) is 9.59 Å². The Morgan fingerprint density at radius 1 is 1.05 bits per heavy atom. The van der Waals surface area contributed by atoms with Crippen molar-refractivity contribution in [3.8, 4) is 0 Å². The van der Waals surface area contributed by atoms with E-state index in [1.165, 1.54) is 0 Å². The predicted octanol–water partition coefficient (Wildman–Crippen LogP) is 2.57. The zero-order valence-electron chi connectivity index (χ0n) is 11.6. The minimum absolute atomic E-state index is 0.151. The number of carbonyl (C=O) groups excluding carboxylic acids is 1. The first-order chi connectivity index (χ1) is 10.1. The Morgan fingerprint density at radius 2 is 1.76 bits per heavy atom. The average Bonchev–Trinajstić information content (AvgIpc) is 2.43. The van der Waals surface area contributed by atoms with Gasteiger partial charge in [0, 0.05) is 6.54 Å². The van der Waals surface area contributed by atoms with Crippen LogP contribution in [0.15, 0.2) is 42.5 Å². The maximum atomic E-state index is 12.0. The van der Waals surface area contributed by atoms with Gasteiger partial charge in [0.1, 0.15) is 0 Å². The fourth-order valence-corrected chi connectivity index (χ4v) is 2.78. The van der Waals surface area contributed by atoms with Gasteiger partial charge in [-0.1, -0.05) is 36.4 Å². The quantitative estimate of drug-likeness (QED) is 0.906. The first kappa shape index (κ1) is 13.6. The molecule has 0 aromatic heterocycles. The van der Waals surface area contributed by atoms with Crippen molar-refractivity contribution >= 4 is 22.6 Å². The molecule has 0 heterocycles. The summed E-state index contributed by atoms with van der Waals surface area (Å²) in [7, 11) is 0. The fraction of sp³-hybridized carbons (Fsp3) is 0.294. The molecule has 1 aliphatic carbocycles. The van der Waals surface area contributed by atoms with Gasteiger partial charge in [0.25, 0.3) is 0 Å². The summed E-state index contributed by atoms with van der Waals surface area (Å²) in [6.07, 6.45) is 1.27.